The average Bonchev–Trinajstić information content (AvgIpc) is 3.68. The van der Waals surface area contributed by atoms with Gasteiger partial charge in [-0.15, -0.1) is 0 Å². The summed E-state index contributed by atoms with van der Waals surface area (Å²) in [5.41, 5.74) is -0.244. The number of amides is 1. The lowest BCUT2D eigenvalue weighted by Gasteiger charge is -2.39. The molecule has 10 nitrogen and oxygen atoms in total. The van der Waals surface area contributed by atoms with Crippen molar-refractivity contribution in [2.75, 3.05) is 6.61 Å². The summed E-state index contributed by atoms with van der Waals surface area (Å²) in [6.45, 7) is 17.2. The van der Waals surface area contributed by atoms with E-state index in [1.54, 1.807) is 26.8 Å². The Morgan fingerprint density at radius 1 is 1.11 bits per heavy atom. The van der Waals surface area contributed by atoms with Gasteiger partial charge >= 0.3 is 11.9 Å². The first kappa shape index (κ1) is 35.9. The molecule has 0 unspecified atom stereocenters. The van der Waals surface area contributed by atoms with Crippen LogP contribution in [0.4, 0.5) is 0 Å². The van der Waals surface area contributed by atoms with Crippen molar-refractivity contribution in [2.45, 2.75) is 142 Å². The molecule has 2 N–H and O–H groups in total. The van der Waals surface area contributed by atoms with Gasteiger partial charge in [0.1, 0.15) is 29.5 Å². The van der Waals surface area contributed by atoms with Crippen LogP contribution in [0.5, 0.6) is 0 Å². The first-order valence-electron chi connectivity index (χ1n) is 15.9. The van der Waals surface area contributed by atoms with Gasteiger partial charge in [-0.3, -0.25) is 14.4 Å². The van der Waals surface area contributed by atoms with E-state index in [4.69, 9.17) is 23.7 Å². The fraction of sp³-hybridized carbons (Fsp3) is 0.735. The van der Waals surface area contributed by atoms with Crippen LogP contribution in [0.1, 0.15) is 88.0 Å². The number of epoxide rings is 1. The number of hydrogen-bond donors (Lipinski definition) is 2. The zero-order valence-corrected chi connectivity index (χ0v) is 27.8. The summed E-state index contributed by atoms with van der Waals surface area (Å²) in [6.07, 6.45) is 8.38. The van der Waals surface area contributed by atoms with Crippen LogP contribution in [0.3, 0.4) is 0 Å². The van der Waals surface area contributed by atoms with Crippen molar-refractivity contribution in [3.05, 3.63) is 36.0 Å². The zero-order chi connectivity index (χ0) is 32.8. The number of hydrogen-bond acceptors (Lipinski definition) is 9. The van der Waals surface area contributed by atoms with Gasteiger partial charge in [-0.25, -0.2) is 0 Å². The van der Waals surface area contributed by atoms with Gasteiger partial charge in [0.25, 0.3) is 0 Å². The summed E-state index contributed by atoms with van der Waals surface area (Å²) in [5, 5.41) is 13.9. The van der Waals surface area contributed by atoms with E-state index in [0.29, 0.717) is 19.4 Å². The smallest absolute Gasteiger partial charge is 0.308 e. The van der Waals surface area contributed by atoms with Crippen LogP contribution in [0.25, 0.3) is 0 Å². The van der Waals surface area contributed by atoms with Crippen molar-refractivity contribution >= 4 is 17.8 Å². The molecular weight excluding hydrogens is 566 g/mol. The molecule has 0 aliphatic carbocycles. The predicted octanol–water partition coefficient (Wildman–Crippen LogP) is 4.34. The van der Waals surface area contributed by atoms with E-state index < -0.39 is 35.6 Å². The van der Waals surface area contributed by atoms with E-state index in [-0.39, 0.29) is 54.4 Å². The number of carbonyl (C=O) groups is 3. The molecule has 0 saturated carbocycles. The average molecular weight is 620 g/mol. The molecule has 3 fully saturated rings. The lowest BCUT2D eigenvalue weighted by atomic mass is 9.87. The van der Waals surface area contributed by atoms with Gasteiger partial charge < -0.3 is 34.1 Å². The predicted molar refractivity (Wildman–Crippen MR) is 166 cm³/mol. The number of carbonyl (C=O) groups excluding carboxylic acids is 3. The van der Waals surface area contributed by atoms with Gasteiger partial charge in [-0.2, -0.15) is 0 Å². The molecule has 44 heavy (non-hydrogen) atoms. The molecule has 248 valence electrons. The molecule has 3 saturated heterocycles. The minimum atomic E-state index is -0.816. The zero-order valence-electron chi connectivity index (χ0n) is 27.8. The van der Waals surface area contributed by atoms with E-state index in [9.17, 15) is 19.5 Å². The number of allylic oxidation sites excluding steroid dienone is 2. The molecule has 3 aliphatic rings. The standard InChI is InChI=1S/C34H53NO9/c1-20(2)32(39)41-23(5)12-15-29(36)35-26-16-22(4)27(42-24(26)6)13-10-21(3)11-14-28-31(38)34(19-40-34)18-25(43-28)17-30(37)44-33(7,8)9/h10-12,14-15,20,22-28,31,38H,13,16-19H2,1-9H3,(H,35,36)/b14-11+,15-12-,21-10+/t22-,23-,24+,25+,26+,27-,28+,31+,34+/m0/s1. The Labute approximate surface area is 262 Å². The summed E-state index contributed by atoms with van der Waals surface area (Å²) < 4.78 is 28.8. The lowest BCUT2D eigenvalue weighted by Crippen LogP contribution is -2.50. The molecule has 1 amide bonds. The number of ether oxygens (including phenoxy) is 5. The summed E-state index contributed by atoms with van der Waals surface area (Å²) in [5.74, 6) is -0.896. The van der Waals surface area contributed by atoms with Crippen LogP contribution in [-0.2, 0) is 38.1 Å². The van der Waals surface area contributed by atoms with E-state index in [1.165, 1.54) is 6.08 Å². The topological polar surface area (TPSA) is 133 Å². The van der Waals surface area contributed by atoms with Crippen LogP contribution < -0.4 is 5.32 Å². The third-order valence-electron chi connectivity index (χ3n) is 8.16. The summed E-state index contributed by atoms with van der Waals surface area (Å²) in [4.78, 5) is 36.6. The van der Waals surface area contributed by atoms with Crippen molar-refractivity contribution in [1.82, 2.24) is 5.32 Å². The Kier molecular flexibility index (Phi) is 12.4. The maximum atomic E-state index is 12.5. The van der Waals surface area contributed by atoms with Gasteiger partial charge in [0.15, 0.2) is 0 Å². The number of esters is 2. The Morgan fingerprint density at radius 2 is 1.80 bits per heavy atom. The summed E-state index contributed by atoms with van der Waals surface area (Å²) >= 11 is 0. The van der Waals surface area contributed by atoms with Crippen molar-refractivity contribution in [1.29, 1.82) is 0 Å². The first-order chi connectivity index (χ1) is 20.5. The molecule has 10 heteroatoms. The van der Waals surface area contributed by atoms with E-state index in [1.807, 2.05) is 46.8 Å². The highest BCUT2D eigenvalue weighted by Crippen LogP contribution is 2.43. The first-order valence-corrected chi connectivity index (χ1v) is 15.9. The minimum absolute atomic E-state index is 0.00891. The fourth-order valence-electron chi connectivity index (χ4n) is 5.51. The molecule has 3 heterocycles. The molecule has 0 aromatic rings. The molecular formula is C34H53NO9. The lowest BCUT2D eigenvalue weighted by molar-refractivity contribution is -0.168. The van der Waals surface area contributed by atoms with Crippen molar-refractivity contribution < 1.29 is 43.2 Å². The van der Waals surface area contributed by atoms with Crippen LogP contribution in [0.15, 0.2) is 36.0 Å². The van der Waals surface area contributed by atoms with Crippen molar-refractivity contribution in [2.24, 2.45) is 11.8 Å². The molecule has 3 rings (SSSR count). The minimum Gasteiger partial charge on any atom is -0.460 e. The van der Waals surface area contributed by atoms with Crippen LogP contribution in [0.2, 0.25) is 0 Å². The Balaban J connectivity index is 1.49. The third kappa shape index (κ3) is 10.8. The van der Waals surface area contributed by atoms with E-state index in [0.717, 1.165) is 12.0 Å². The molecule has 0 bridgehead atoms. The fourth-order valence-corrected chi connectivity index (χ4v) is 5.51. The molecule has 3 aliphatic heterocycles. The number of nitrogens with one attached hydrogen (secondary N) is 1. The second-order valence-corrected chi connectivity index (χ2v) is 13.9. The molecule has 1 spiro atoms. The van der Waals surface area contributed by atoms with Gasteiger partial charge in [-0.1, -0.05) is 44.6 Å². The molecule has 0 radical (unpaired) electrons. The third-order valence-corrected chi connectivity index (χ3v) is 8.16. The highest BCUT2D eigenvalue weighted by atomic mass is 16.6. The maximum Gasteiger partial charge on any atom is 0.308 e. The SMILES string of the molecule is CC(/C=C/[C@H]1O[C@H](CC(=O)OC(C)(C)C)C[C@@]2(CO2)[C@@H]1O)=C\C[C@@H]1O[C@H](C)[C@H](NC(=O)/C=C\[C@H](C)OC(=O)C(C)C)C[C@@H]1C. The number of rotatable bonds is 11. The summed E-state index contributed by atoms with van der Waals surface area (Å²) in [6, 6.07) is -0.132. The van der Waals surface area contributed by atoms with Gasteiger partial charge in [0.2, 0.25) is 5.91 Å². The second kappa shape index (κ2) is 15.2. The van der Waals surface area contributed by atoms with Crippen LogP contribution in [0, 0.1) is 11.8 Å². The normalized spacial score (nSPS) is 33.5. The molecule has 9 atom stereocenters. The Bertz CT molecular complexity index is 1100. The highest BCUT2D eigenvalue weighted by molar-refractivity contribution is 5.87. The molecule has 0 aromatic carbocycles. The van der Waals surface area contributed by atoms with Gasteiger partial charge in [0.05, 0.1) is 43.3 Å². The number of aliphatic hydroxyl groups excluding tert-OH is 1. The maximum absolute atomic E-state index is 12.5. The number of aliphatic hydroxyl groups is 1. The quantitative estimate of drug-likeness (QED) is 0.150. The van der Waals surface area contributed by atoms with Crippen LogP contribution in [-0.4, -0.2) is 83.4 Å². The highest BCUT2D eigenvalue weighted by Gasteiger charge is 2.58. The van der Waals surface area contributed by atoms with E-state index >= 15 is 0 Å². The summed E-state index contributed by atoms with van der Waals surface area (Å²) in [7, 11) is 0. The van der Waals surface area contributed by atoms with Crippen molar-refractivity contribution in [3.8, 4) is 0 Å². The van der Waals surface area contributed by atoms with Gasteiger partial charge in [0, 0.05) is 12.5 Å². The van der Waals surface area contributed by atoms with Crippen LogP contribution >= 0.6 is 0 Å². The van der Waals surface area contributed by atoms with Crippen molar-refractivity contribution in [3.63, 3.8) is 0 Å². The molecule has 0 aromatic heterocycles. The monoisotopic (exact) mass is 619 g/mol. The Hall–Kier alpha value is -2.53. The van der Waals surface area contributed by atoms with E-state index in [2.05, 4.69) is 18.3 Å². The Morgan fingerprint density at radius 3 is 2.41 bits per heavy atom. The largest absolute Gasteiger partial charge is 0.460 e. The second-order valence-electron chi connectivity index (χ2n) is 13.9. The van der Waals surface area contributed by atoms with Gasteiger partial charge in [-0.05, 0) is 66.4 Å².